The molecule has 1 amide bonds. The highest BCUT2D eigenvalue weighted by molar-refractivity contribution is 5.98. The number of ether oxygens (including phenoxy) is 1. The van der Waals surface area contributed by atoms with E-state index in [4.69, 9.17) is 4.74 Å². The van der Waals surface area contributed by atoms with Crippen molar-refractivity contribution in [3.05, 3.63) is 35.1 Å². The normalized spacial score (nSPS) is 12.5. The van der Waals surface area contributed by atoms with Gasteiger partial charge in [0.1, 0.15) is 11.9 Å². The van der Waals surface area contributed by atoms with Gasteiger partial charge in [0.2, 0.25) is 0 Å². The summed E-state index contributed by atoms with van der Waals surface area (Å²) in [6, 6.07) is 0.471. The lowest BCUT2D eigenvalue weighted by Crippen LogP contribution is -2.40. The molecule has 0 aliphatic heterocycles. The summed E-state index contributed by atoms with van der Waals surface area (Å²) in [5.41, 5.74) is -2.14. The molecule has 0 saturated heterocycles. The second-order valence-corrected chi connectivity index (χ2v) is 7.38. The van der Waals surface area contributed by atoms with Crippen molar-refractivity contribution in [2.24, 2.45) is 0 Å². The quantitative estimate of drug-likeness (QED) is 0.235. The summed E-state index contributed by atoms with van der Waals surface area (Å²) in [4.78, 5) is 24.1. The van der Waals surface area contributed by atoms with Gasteiger partial charge in [0.05, 0.1) is 17.7 Å². The van der Waals surface area contributed by atoms with Crippen LogP contribution in [0.1, 0.15) is 87.6 Å². The number of rotatable bonds is 13. The van der Waals surface area contributed by atoms with E-state index in [1.165, 1.54) is 39.0 Å². The summed E-state index contributed by atoms with van der Waals surface area (Å²) >= 11 is 0. The second kappa shape index (κ2) is 13.2. The summed E-state index contributed by atoms with van der Waals surface area (Å²) in [5, 5.41) is 2.14. The van der Waals surface area contributed by atoms with Gasteiger partial charge < -0.3 is 10.1 Å². The number of amides is 1. The Morgan fingerprint density at radius 1 is 1.00 bits per heavy atom. The molecule has 0 spiro atoms. The highest BCUT2D eigenvalue weighted by atomic mass is 19.4. The van der Waals surface area contributed by atoms with Crippen LogP contribution in [0.25, 0.3) is 0 Å². The third kappa shape index (κ3) is 9.59. The van der Waals surface area contributed by atoms with E-state index in [0.29, 0.717) is 24.6 Å². The first-order chi connectivity index (χ1) is 14.2. The monoisotopic (exact) mass is 433 g/mol. The van der Waals surface area contributed by atoms with Crippen molar-refractivity contribution in [2.45, 2.75) is 83.9 Å². The third-order valence-corrected chi connectivity index (χ3v) is 4.73. The van der Waals surface area contributed by atoms with Crippen LogP contribution in [0.2, 0.25) is 0 Å². The zero-order chi connectivity index (χ0) is 22.6. The van der Waals surface area contributed by atoms with Crippen molar-refractivity contribution in [1.82, 2.24) is 5.32 Å². The highest BCUT2D eigenvalue weighted by Crippen LogP contribution is 2.32. The Kier molecular flexibility index (Phi) is 11.4. The van der Waals surface area contributed by atoms with E-state index in [9.17, 15) is 27.2 Å². The van der Waals surface area contributed by atoms with Crippen LogP contribution in [0.4, 0.5) is 17.6 Å². The Bertz CT molecular complexity index is 677. The van der Waals surface area contributed by atoms with E-state index in [1.54, 1.807) is 0 Å². The first-order valence-electron chi connectivity index (χ1n) is 10.5. The van der Waals surface area contributed by atoms with Crippen LogP contribution in [0.15, 0.2) is 18.2 Å². The van der Waals surface area contributed by atoms with E-state index in [0.717, 1.165) is 19.3 Å². The van der Waals surface area contributed by atoms with E-state index < -0.39 is 41.0 Å². The Hall–Kier alpha value is -2.12. The van der Waals surface area contributed by atoms with Crippen LogP contribution in [0, 0.1) is 5.82 Å². The number of halogens is 4. The maximum atomic E-state index is 13.3. The van der Waals surface area contributed by atoms with Gasteiger partial charge in [-0.3, -0.25) is 4.79 Å². The molecular formula is C22H31F4NO3. The molecule has 8 heteroatoms. The Labute approximate surface area is 175 Å². The number of benzene rings is 1. The zero-order valence-electron chi connectivity index (χ0n) is 17.6. The number of hydrogen-bond donors (Lipinski definition) is 1. The Morgan fingerprint density at radius 2 is 1.57 bits per heavy atom. The Morgan fingerprint density at radius 3 is 2.13 bits per heavy atom. The SMILES string of the molecule is CCCCCCCCCCCOC(=O)C(C)NC(=O)c1cc(F)ccc1C(F)(F)F. The van der Waals surface area contributed by atoms with Gasteiger partial charge in [-0.2, -0.15) is 13.2 Å². The zero-order valence-corrected chi connectivity index (χ0v) is 17.6. The van der Waals surface area contributed by atoms with Gasteiger partial charge in [0.25, 0.3) is 5.91 Å². The van der Waals surface area contributed by atoms with Crippen molar-refractivity contribution in [3.8, 4) is 0 Å². The molecule has 4 nitrogen and oxygen atoms in total. The third-order valence-electron chi connectivity index (χ3n) is 4.73. The number of nitrogens with one attached hydrogen (secondary N) is 1. The van der Waals surface area contributed by atoms with Crippen molar-refractivity contribution in [2.75, 3.05) is 6.61 Å². The molecular weight excluding hydrogens is 402 g/mol. The minimum Gasteiger partial charge on any atom is -0.464 e. The van der Waals surface area contributed by atoms with Gasteiger partial charge in [0, 0.05) is 0 Å². The fraction of sp³-hybridized carbons (Fsp3) is 0.636. The summed E-state index contributed by atoms with van der Waals surface area (Å²) in [6.45, 7) is 3.67. The van der Waals surface area contributed by atoms with Gasteiger partial charge in [-0.15, -0.1) is 0 Å². The minimum absolute atomic E-state index is 0.183. The predicted molar refractivity (Wildman–Crippen MR) is 107 cm³/mol. The molecule has 0 fully saturated rings. The topological polar surface area (TPSA) is 55.4 Å². The molecule has 30 heavy (non-hydrogen) atoms. The molecule has 1 aromatic carbocycles. The number of alkyl halides is 3. The van der Waals surface area contributed by atoms with Gasteiger partial charge >= 0.3 is 12.1 Å². The average molecular weight is 433 g/mol. The van der Waals surface area contributed by atoms with E-state index >= 15 is 0 Å². The lowest BCUT2D eigenvalue weighted by Gasteiger charge is -2.16. The molecule has 1 aromatic rings. The molecule has 1 unspecified atom stereocenters. The second-order valence-electron chi connectivity index (χ2n) is 7.38. The number of esters is 1. The Balaban J connectivity index is 2.36. The van der Waals surface area contributed by atoms with Crippen LogP contribution >= 0.6 is 0 Å². The number of carbonyl (C=O) groups excluding carboxylic acids is 2. The highest BCUT2D eigenvalue weighted by Gasteiger charge is 2.36. The molecule has 0 bridgehead atoms. The van der Waals surface area contributed by atoms with Crippen LogP contribution < -0.4 is 5.32 Å². The van der Waals surface area contributed by atoms with Crippen LogP contribution in [0.5, 0.6) is 0 Å². The molecule has 0 aromatic heterocycles. The van der Waals surface area contributed by atoms with Gasteiger partial charge in [-0.05, 0) is 31.5 Å². The molecule has 0 aliphatic rings. The molecule has 0 saturated carbocycles. The number of carbonyl (C=O) groups is 2. The summed E-state index contributed by atoms with van der Waals surface area (Å²) < 4.78 is 57.4. The fourth-order valence-electron chi connectivity index (χ4n) is 3.00. The maximum Gasteiger partial charge on any atom is 0.417 e. The first kappa shape index (κ1) is 25.9. The molecule has 0 radical (unpaired) electrons. The van der Waals surface area contributed by atoms with Gasteiger partial charge in [-0.1, -0.05) is 58.3 Å². The summed E-state index contributed by atoms with van der Waals surface area (Å²) in [6.07, 6.45) is 5.15. The number of unbranched alkanes of at least 4 members (excludes halogenated alkanes) is 8. The molecule has 1 N–H and O–H groups in total. The van der Waals surface area contributed by atoms with Crippen LogP contribution in [0.3, 0.4) is 0 Å². The van der Waals surface area contributed by atoms with Crippen molar-refractivity contribution < 1.29 is 31.9 Å². The smallest absolute Gasteiger partial charge is 0.417 e. The van der Waals surface area contributed by atoms with Crippen molar-refractivity contribution in [1.29, 1.82) is 0 Å². The number of hydrogen-bond acceptors (Lipinski definition) is 3. The van der Waals surface area contributed by atoms with E-state index in [2.05, 4.69) is 12.2 Å². The minimum atomic E-state index is -4.82. The van der Waals surface area contributed by atoms with Gasteiger partial charge in [-0.25, -0.2) is 9.18 Å². The van der Waals surface area contributed by atoms with Crippen molar-refractivity contribution >= 4 is 11.9 Å². The molecule has 1 rings (SSSR count). The predicted octanol–water partition coefficient (Wildman–Crippen LogP) is 6.04. The molecule has 170 valence electrons. The lowest BCUT2D eigenvalue weighted by atomic mass is 10.1. The van der Waals surface area contributed by atoms with Gasteiger partial charge in [0.15, 0.2) is 0 Å². The standard InChI is InChI=1S/C22H31F4NO3/c1-3-4-5-6-7-8-9-10-11-14-30-21(29)16(2)27-20(28)18-15-17(23)12-13-19(18)22(24,25)26/h12-13,15-16H,3-11,14H2,1-2H3,(H,27,28). The molecule has 0 heterocycles. The molecule has 0 aliphatic carbocycles. The maximum absolute atomic E-state index is 13.3. The van der Waals surface area contributed by atoms with Crippen LogP contribution in [-0.4, -0.2) is 24.5 Å². The fourth-order valence-corrected chi connectivity index (χ4v) is 3.00. The summed E-state index contributed by atoms with van der Waals surface area (Å²) in [5.74, 6) is -2.91. The van der Waals surface area contributed by atoms with Crippen LogP contribution in [-0.2, 0) is 15.7 Å². The lowest BCUT2D eigenvalue weighted by molar-refractivity contribution is -0.145. The van der Waals surface area contributed by atoms with Crippen molar-refractivity contribution in [3.63, 3.8) is 0 Å². The van der Waals surface area contributed by atoms with E-state index in [1.807, 2.05) is 0 Å². The van der Waals surface area contributed by atoms with E-state index in [-0.39, 0.29) is 6.61 Å². The largest absolute Gasteiger partial charge is 0.464 e. The average Bonchev–Trinajstić information content (AvgIpc) is 2.68. The summed E-state index contributed by atoms with van der Waals surface area (Å²) in [7, 11) is 0. The molecule has 1 atom stereocenters. The first-order valence-corrected chi connectivity index (χ1v) is 10.5.